The molecular formula is C13H23N. The molecule has 80 valence electrons. The molecule has 0 spiro atoms. The molecule has 0 heterocycles. The van der Waals surface area contributed by atoms with Gasteiger partial charge in [0.1, 0.15) is 0 Å². The molecule has 1 aliphatic rings. The van der Waals surface area contributed by atoms with Gasteiger partial charge in [-0.25, -0.2) is 0 Å². The number of hydrogen-bond acceptors (Lipinski definition) is 1. The van der Waals surface area contributed by atoms with Gasteiger partial charge in [0.25, 0.3) is 0 Å². The van der Waals surface area contributed by atoms with Crippen molar-refractivity contribution in [2.45, 2.75) is 52.4 Å². The predicted octanol–water partition coefficient (Wildman–Crippen LogP) is 3.78. The van der Waals surface area contributed by atoms with Crippen LogP contribution in [0.15, 0.2) is 22.9 Å². The predicted molar refractivity (Wildman–Crippen MR) is 63.2 cm³/mol. The molecule has 0 saturated carbocycles. The lowest BCUT2D eigenvalue weighted by Gasteiger charge is -2.19. The summed E-state index contributed by atoms with van der Waals surface area (Å²) < 4.78 is 0. The van der Waals surface area contributed by atoms with Gasteiger partial charge < -0.3 is 5.32 Å². The Morgan fingerprint density at radius 2 is 1.86 bits per heavy atom. The minimum absolute atomic E-state index is 1.21. The van der Waals surface area contributed by atoms with Gasteiger partial charge in [0.05, 0.1) is 0 Å². The van der Waals surface area contributed by atoms with E-state index in [1.807, 2.05) is 7.05 Å². The van der Waals surface area contributed by atoms with Crippen LogP contribution in [0, 0.1) is 0 Å². The van der Waals surface area contributed by atoms with E-state index in [4.69, 9.17) is 0 Å². The molecule has 0 amide bonds. The zero-order valence-corrected chi connectivity index (χ0v) is 9.82. The standard InChI is InChI=1S/C13H23N/c1-4-6-11-8-9-13(14-3)10-12(11)7-5-2/h10,14H,4-9H2,1-3H3. The Labute approximate surface area is 88.3 Å². The largest absolute Gasteiger partial charge is 0.391 e. The highest BCUT2D eigenvalue weighted by molar-refractivity contribution is 5.33. The molecule has 14 heavy (non-hydrogen) atoms. The number of nitrogens with one attached hydrogen (secondary N) is 1. The van der Waals surface area contributed by atoms with E-state index in [-0.39, 0.29) is 0 Å². The summed E-state index contributed by atoms with van der Waals surface area (Å²) in [6.45, 7) is 4.53. The molecule has 0 fully saturated rings. The lowest BCUT2D eigenvalue weighted by Crippen LogP contribution is -2.10. The average Bonchev–Trinajstić information content (AvgIpc) is 2.21. The van der Waals surface area contributed by atoms with Gasteiger partial charge in [-0.1, -0.05) is 32.3 Å². The lowest BCUT2D eigenvalue weighted by atomic mass is 9.90. The summed E-state index contributed by atoms with van der Waals surface area (Å²) in [5.74, 6) is 0. The normalized spacial score (nSPS) is 16.9. The van der Waals surface area contributed by atoms with E-state index < -0.39 is 0 Å². The highest BCUT2D eigenvalue weighted by atomic mass is 14.8. The third kappa shape index (κ3) is 2.90. The van der Waals surface area contributed by atoms with Gasteiger partial charge in [0, 0.05) is 12.7 Å². The minimum atomic E-state index is 1.21. The summed E-state index contributed by atoms with van der Waals surface area (Å²) >= 11 is 0. The van der Waals surface area contributed by atoms with Crippen molar-refractivity contribution in [3.8, 4) is 0 Å². The third-order valence-corrected chi connectivity index (χ3v) is 2.89. The Kier molecular flexibility index (Phi) is 4.78. The fraction of sp³-hybridized carbons (Fsp3) is 0.692. The minimum Gasteiger partial charge on any atom is -0.391 e. The summed E-state index contributed by atoms with van der Waals surface area (Å²) in [5.41, 5.74) is 4.71. The van der Waals surface area contributed by atoms with Crippen molar-refractivity contribution in [1.29, 1.82) is 0 Å². The van der Waals surface area contributed by atoms with E-state index in [2.05, 4.69) is 25.2 Å². The van der Waals surface area contributed by atoms with Gasteiger partial charge >= 0.3 is 0 Å². The molecule has 1 N–H and O–H groups in total. The number of hydrogen-bond donors (Lipinski definition) is 1. The average molecular weight is 193 g/mol. The molecule has 0 bridgehead atoms. The van der Waals surface area contributed by atoms with E-state index in [9.17, 15) is 0 Å². The second-order valence-corrected chi connectivity index (χ2v) is 4.05. The Morgan fingerprint density at radius 3 is 2.43 bits per heavy atom. The first kappa shape index (κ1) is 11.4. The van der Waals surface area contributed by atoms with Crippen LogP contribution in [0.1, 0.15) is 52.4 Å². The van der Waals surface area contributed by atoms with E-state index in [0.29, 0.717) is 0 Å². The van der Waals surface area contributed by atoms with Crippen LogP contribution in [0.25, 0.3) is 0 Å². The van der Waals surface area contributed by atoms with Gasteiger partial charge in [-0.2, -0.15) is 0 Å². The topological polar surface area (TPSA) is 12.0 Å². The van der Waals surface area contributed by atoms with Crippen molar-refractivity contribution in [3.63, 3.8) is 0 Å². The van der Waals surface area contributed by atoms with Crippen LogP contribution in [0.2, 0.25) is 0 Å². The van der Waals surface area contributed by atoms with Crippen molar-refractivity contribution in [3.05, 3.63) is 22.9 Å². The maximum absolute atomic E-state index is 3.28. The maximum Gasteiger partial charge on any atom is 0.0110 e. The smallest absolute Gasteiger partial charge is 0.0110 e. The zero-order valence-electron chi connectivity index (χ0n) is 9.82. The van der Waals surface area contributed by atoms with Crippen LogP contribution >= 0.6 is 0 Å². The summed E-state index contributed by atoms with van der Waals surface area (Å²) in [7, 11) is 2.03. The lowest BCUT2D eigenvalue weighted by molar-refractivity contribution is 0.731. The van der Waals surface area contributed by atoms with E-state index in [1.54, 1.807) is 11.1 Å². The molecule has 1 rings (SSSR count). The first-order valence-corrected chi connectivity index (χ1v) is 5.91. The molecule has 0 saturated heterocycles. The van der Waals surface area contributed by atoms with E-state index >= 15 is 0 Å². The fourth-order valence-corrected chi connectivity index (χ4v) is 2.13. The molecule has 0 aromatic carbocycles. The Bertz CT molecular complexity index is 236. The molecule has 0 aromatic rings. The summed E-state index contributed by atoms with van der Waals surface area (Å²) in [6.07, 6.45) is 9.94. The third-order valence-electron chi connectivity index (χ3n) is 2.89. The van der Waals surface area contributed by atoms with Crippen LogP contribution in [0.3, 0.4) is 0 Å². The quantitative estimate of drug-likeness (QED) is 0.700. The highest BCUT2D eigenvalue weighted by Gasteiger charge is 2.11. The van der Waals surface area contributed by atoms with Crippen molar-refractivity contribution >= 4 is 0 Å². The zero-order chi connectivity index (χ0) is 10.4. The first-order valence-electron chi connectivity index (χ1n) is 5.91. The van der Waals surface area contributed by atoms with Crippen molar-refractivity contribution in [1.82, 2.24) is 5.32 Å². The Morgan fingerprint density at radius 1 is 1.14 bits per heavy atom. The molecule has 1 aliphatic carbocycles. The van der Waals surface area contributed by atoms with Crippen molar-refractivity contribution in [2.24, 2.45) is 0 Å². The highest BCUT2D eigenvalue weighted by Crippen LogP contribution is 2.28. The number of rotatable bonds is 5. The van der Waals surface area contributed by atoms with Crippen LogP contribution in [-0.2, 0) is 0 Å². The van der Waals surface area contributed by atoms with Crippen molar-refractivity contribution in [2.75, 3.05) is 7.05 Å². The van der Waals surface area contributed by atoms with Gasteiger partial charge in [0.2, 0.25) is 0 Å². The van der Waals surface area contributed by atoms with Crippen LogP contribution in [0.4, 0.5) is 0 Å². The van der Waals surface area contributed by atoms with Gasteiger partial charge in [0.15, 0.2) is 0 Å². The molecule has 0 atom stereocenters. The van der Waals surface area contributed by atoms with E-state index in [1.165, 1.54) is 44.2 Å². The second kappa shape index (κ2) is 5.90. The SMILES string of the molecule is CCCC1=C(CCC)CCC(NC)=C1. The van der Waals surface area contributed by atoms with Gasteiger partial charge in [-0.3, -0.25) is 0 Å². The molecule has 0 aromatic heterocycles. The molecule has 1 heteroatoms. The van der Waals surface area contributed by atoms with Gasteiger partial charge in [-0.15, -0.1) is 0 Å². The molecular weight excluding hydrogens is 170 g/mol. The molecule has 0 aliphatic heterocycles. The Hall–Kier alpha value is -0.720. The fourth-order valence-electron chi connectivity index (χ4n) is 2.13. The summed E-state index contributed by atoms with van der Waals surface area (Å²) in [4.78, 5) is 0. The number of allylic oxidation sites excluding steroid dienone is 4. The maximum atomic E-state index is 3.28. The van der Waals surface area contributed by atoms with Crippen LogP contribution in [-0.4, -0.2) is 7.05 Å². The van der Waals surface area contributed by atoms with Crippen LogP contribution < -0.4 is 5.32 Å². The second-order valence-electron chi connectivity index (χ2n) is 4.05. The molecule has 1 nitrogen and oxygen atoms in total. The summed E-state index contributed by atoms with van der Waals surface area (Å²) in [6, 6.07) is 0. The van der Waals surface area contributed by atoms with E-state index in [0.717, 1.165) is 0 Å². The summed E-state index contributed by atoms with van der Waals surface area (Å²) in [5, 5.41) is 3.28. The molecule has 0 unspecified atom stereocenters. The first-order chi connectivity index (χ1) is 6.81. The van der Waals surface area contributed by atoms with Crippen LogP contribution in [0.5, 0.6) is 0 Å². The molecule has 0 radical (unpaired) electrons. The van der Waals surface area contributed by atoms with Gasteiger partial charge in [-0.05, 0) is 37.3 Å². The monoisotopic (exact) mass is 193 g/mol. The Balaban J connectivity index is 2.76. The van der Waals surface area contributed by atoms with Crippen molar-refractivity contribution < 1.29 is 0 Å².